The number of nitrogens with zero attached hydrogens (tertiary/aromatic N) is 2. The van der Waals surface area contributed by atoms with Gasteiger partial charge in [0, 0.05) is 17.7 Å². The first-order chi connectivity index (χ1) is 17.0. The number of alkyl halides is 4. The van der Waals surface area contributed by atoms with Crippen LogP contribution in [0.15, 0.2) is 53.7 Å². The van der Waals surface area contributed by atoms with Gasteiger partial charge in [0.05, 0.1) is 11.4 Å². The smallest absolute Gasteiger partial charge is 0.433 e. The minimum atomic E-state index is -4.95. The lowest BCUT2D eigenvalue weighted by molar-refractivity contribution is -0.141. The van der Waals surface area contributed by atoms with Crippen molar-refractivity contribution in [3.63, 3.8) is 0 Å². The highest BCUT2D eigenvalue weighted by Gasteiger charge is 2.35. The molecule has 1 aromatic heterocycles. The summed E-state index contributed by atoms with van der Waals surface area (Å²) in [6.45, 7) is -1.09. The van der Waals surface area contributed by atoms with Crippen LogP contribution in [0.1, 0.15) is 12.1 Å². The van der Waals surface area contributed by atoms with Crippen LogP contribution in [0.25, 0.3) is 11.3 Å². The lowest BCUT2D eigenvalue weighted by Crippen LogP contribution is -2.20. The van der Waals surface area contributed by atoms with Gasteiger partial charge in [-0.15, -0.1) is 0 Å². The first kappa shape index (κ1) is 25.2. The number of rotatable bonds is 8. The molecule has 1 amide bonds. The summed E-state index contributed by atoms with van der Waals surface area (Å²) in [6, 6.07) is 10.5. The Bertz CT molecular complexity index is 1380. The number of benzene rings is 2. The Labute approximate surface area is 202 Å². The first-order valence-electron chi connectivity index (χ1n) is 10.2. The molecule has 36 heavy (non-hydrogen) atoms. The largest absolute Gasteiger partial charge is 0.463 e. The van der Waals surface area contributed by atoms with Gasteiger partial charge in [0.25, 0.3) is 0 Å². The number of hydrogen-bond donors (Lipinski definition) is 1. The van der Waals surface area contributed by atoms with Gasteiger partial charge in [0.2, 0.25) is 34.6 Å². The highest BCUT2D eigenvalue weighted by Crippen LogP contribution is 2.37. The molecule has 9 nitrogen and oxygen atoms in total. The van der Waals surface area contributed by atoms with E-state index in [-0.39, 0.29) is 35.2 Å². The molecule has 0 atom stereocenters. The molecule has 2 heterocycles. The van der Waals surface area contributed by atoms with E-state index in [1.54, 1.807) is 0 Å². The van der Waals surface area contributed by atoms with E-state index in [4.69, 9.17) is 9.47 Å². The Morgan fingerprint density at radius 3 is 2.44 bits per heavy atom. The second-order valence-corrected chi connectivity index (χ2v) is 9.38. The molecule has 14 heteroatoms. The molecule has 2 aromatic carbocycles. The summed E-state index contributed by atoms with van der Waals surface area (Å²) in [5.41, 5.74) is -1.32. The van der Waals surface area contributed by atoms with Gasteiger partial charge in [-0.1, -0.05) is 0 Å². The zero-order valence-corrected chi connectivity index (χ0v) is 19.0. The molecule has 0 bridgehead atoms. The highest BCUT2D eigenvalue weighted by molar-refractivity contribution is 7.91. The van der Waals surface area contributed by atoms with Crippen molar-refractivity contribution < 1.29 is 45.0 Å². The molecule has 0 radical (unpaired) electrons. The quantitative estimate of drug-likeness (QED) is 0.345. The van der Waals surface area contributed by atoms with Crippen molar-refractivity contribution in [1.82, 2.24) is 9.97 Å². The summed E-state index contributed by atoms with van der Waals surface area (Å²) in [4.78, 5) is 19.2. The van der Waals surface area contributed by atoms with E-state index in [1.807, 2.05) is 0 Å². The number of aromatic nitrogens is 2. The van der Waals surface area contributed by atoms with Crippen molar-refractivity contribution in [2.75, 3.05) is 24.7 Å². The van der Waals surface area contributed by atoms with Crippen LogP contribution in [0.3, 0.4) is 0 Å². The fourth-order valence-corrected chi connectivity index (χ4v) is 4.26. The molecular formula is C22H17F4N3O6S. The SMILES string of the molecule is O=C(CCS(=O)(=O)c1nc(-c2ccc3c(c2)OCO3)cc(C(F)(F)F)n1)Nc1ccc(OCF)cc1. The molecule has 0 spiro atoms. The van der Waals surface area contributed by atoms with Gasteiger partial charge in [0.15, 0.2) is 11.5 Å². The lowest BCUT2D eigenvalue weighted by atomic mass is 10.1. The van der Waals surface area contributed by atoms with E-state index in [9.17, 15) is 30.8 Å². The molecular weight excluding hydrogens is 510 g/mol. The molecule has 1 aliphatic rings. The number of carbonyl (C=O) groups is 1. The normalized spacial score (nSPS) is 12.9. The third-order valence-electron chi connectivity index (χ3n) is 4.90. The van der Waals surface area contributed by atoms with Crippen LogP contribution in [-0.4, -0.2) is 43.7 Å². The standard InChI is InChI=1S/C22H17F4N3O6S/c23-11-33-15-4-2-14(3-5-15)27-20(30)7-8-36(31,32)21-28-16(10-19(29-21)22(24,25)26)13-1-6-17-18(9-13)35-12-34-17/h1-6,9-10H,7-8,11-12H2,(H,27,30). The number of anilines is 1. The highest BCUT2D eigenvalue weighted by atomic mass is 32.2. The molecule has 1 N–H and O–H groups in total. The summed E-state index contributed by atoms with van der Waals surface area (Å²) in [7, 11) is -4.49. The molecule has 0 fully saturated rings. The van der Waals surface area contributed by atoms with Gasteiger partial charge >= 0.3 is 6.18 Å². The van der Waals surface area contributed by atoms with Gasteiger partial charge in [-0.2, -0.15) is 13.2 Å². The minimum Gasteiger partial charge on any atom is -0.463 e. The van der Waals surface area contributed by atoms with Crippen molar-refractivity contribution >= 4 is 21.4 Å². The van der Waals surface area contributed by atoms with E-state index < -0.39 is 51.8 Å². The van der Waals surface area contributed by atoms with Crippen LogP contribution in [-0.2, 0) is 20.8 Å². The topological polar surface area (TPSA) is 117 Å². The number of halogens is 4. The van der Waals surface area contributed by atoms with Crippen molar-refractivity contribution in [3.8, 4) is 28.5 Å². The van der Waals surface area contributed by atoms with Gasteiger partial charge < -0.3 is 19.5 Å². The van der Waals surface area contributed by atoms with Crippen LogP contribution >= 0.6 is 0 Å². The maximum atomic E-state index is 13.5. The Balaban J connectivity index is 1.54. The van der Waals surface area contributed by atoms with Crippen molar-refractivity contribution in [2.45, 2.75) is 17.8 Å². The first-order valence-corrected chi connectivity index (χ1v) is 11.9. The van der Waals surface area contributed by atoms with Gasteiger partial charge in [0.1, 0.15) is 11.4 Å². The predicted octanol–water partition coefficient (Wildman–Crippen LogP) is 4.00. The molecule has 0 saturated carbocycles. The maximum Gasteiger partial charge on any atom is 0.433 e. The molecule has 0 aliphatic carbocycles. The lowest BCUT2D eigenvalue weighted by Gasteiger charge is -2.12. The van der Waals surface area contributed by atoms with Gasteiger partial charge in [-0.3, -0.25) is 4.79 Å². The number of fused-ring (bicyclic) bond motifs is 1. The average Bonchev–Trinajstić information content (AvgIpc) is 3.31. The zero-order chi connectivity index (χ0) is 25.9. The van der Waals surface area contributed by atoms with E-state index >= 15 is 0 Å². The number of carbonyl (C=O) groups excluding carboxylic acids is 1. The third-order valence-corrected chi connectivity index (χ3v) is 6.38. The van der Waals surface area contributed by atoms with Crippen LogP contribution in [0.4, 0.5) is 23.2 Å². The second-order valence-electron chi connectivity index (χ2n) is 7.38. The fraction of sp³-hybridized carbons (Fsp3) is 0.227. The van der Waals surface area contributed by atoms with Crippen LogP contribution in [0.2, 0.25) is 0 Å². The molecule has 0 saturated heterocycles. The van der Waals surface area contributed by atoms with Gasteiger partial charge in [-0.05, 0) is 48.5 Å². The van der Waals surface area contributed by atoms with E-state index in [0.29, 0.717) is 11.8 Å². The number of nitrogens with one attached hydrogen (secondary N) is 1. The maximum absolute atomic E-state index is 13.5. The third kappa shape index (κ3) is 5.82. The molecule has 190 valence electrons. The van der Waals surface area contributed by atoms with Crippen LogP contribution < -0.4 is 19.5 Å². The fourth-order valence-electron chi connectivity index (χ4n) is 3.15. The van der Waals surface area contributed by atoms with Crippen LogP contribution in [0, 0.1) is 0 Å². The zero-order valence-electron chi connectivity index (χ0n) is 18.2. The number of sulfone groups is 1. The summed E-state index contributed by atoms with van der Waals surface area (Å²) >= 11 is 0. The van der Waals surface area contributed by atoms with E-state index in [0.717, 1.165) is 0 Å². The number of hydrogen-bond acceptors (Lipinski definition) is 8. The minimum absolute atomic E-state index is 0.0619. The molecule has 1 aliphatic heterocycles. The molecule has 3 aromatic rings. The number of ether oxygens (including phenoxy) is 3. The van der Waals surface area contributed by atoms with Crippen LogP contribution in [0.5, 0.6) is 17.2 Å². The second kappa shape index (κ2) is 9.97. The summed E-state index contributed by atoms with van der Waals surface area (Å²) < 4.78 is 93.2. The Morgan fingerprint density at radius 2 is 1.75 bits per heavy atom. The summed E-state index contributed by atoms with van der Waals surface area (Å²) in [5.74, 6) is -0.694. The predicted molar refractivity (Wildman–Crippen MR) is 117 cm³/mol. The van der Waals surface area contributed by atoms with Crippen molar-refractivity contribution in [3.05, 3.63) is 54.2 Å². The Hall–Kier alpha value is -3.94. The average molecular weight is 527 g/mol. The molecule has 4 rings (SSSR count). The summed E-state index contributed by atoms with van der Waals surface area (Å²) in [5, 5.41) is 1.37. The number of amides is 1. The van der Waals surface area contributed by atoms with E-state index in [2.05, 4.69) is 20.0 Å². The summed E-state index contributed by atoms with van der Waals surface area (Å²) in [6.07, 6.45) is -5.53. The van der Waals surface area contributed by atoms with E-state index in [1.165, 1.54) is 42.5 Å². The Morgan fingerprint density at radius 1 is 1.03 bits per heavy atom. The molecule has 0 unspecified atom stereocenters. The monoisotopic (exact) mass is 527 g/mol. The van der Waals surface area contributed by atoms with Gasteiger partial charge in [-0.25, -0.2) is 22.8 Å². The van der Waals surface area contributed by atoms with Crippen molar-refractivity contribution in [2.24, 2.45) is 0 Å². The Kier molecular flexibility index (Phi) is 6.97. The van der Waals surface area contributed by atoms with Crippen molar-refractivity contribution in [1.29, 1.82) is 0 Å².